The summed E-state index contributed by atoms with van der Waals surface area (Å²) in [6.45, 7) is 0. The molecule has 276 valence electrons. The number of rotatable bonds is 12. The van der Waals surface area contributed by atoms with E-state index in [4.69, 9.17) is 23.2 Å². The zero-order valence-corrected chi connectivity index (χ0v) is 32.6. The third kappa shape index (κ3) is 9.82. The molecule has 56 heavy (non-hydrogen) atoms. The van der Waals surface area contributed by atoms with E-state index in [1.54, 1.807) is 60.7 Å². The molecule has 1 aromatic heterocycles. The van der Waals surface area contributed by atoms with E-state index in [2.05, 4.69) is 20.9 Å². The number of halogens is 2. The molecule has 6 aromatic carbocycles. The first-order valence-corrected chi connectivity index (χ1v) is 19.9. The minimum atomic E-state index is -0.654. The number of carbonyl (C=O) groups is 3. The maximum Gasteiger partial charge on any atom is 0.272 e. The topological polar surface area (TPSA) is 100 Å². The number of aromatic nitrogens is 1. The summed E-state index contributed by atoms with van der Waals surface area (Å²) in [6, 6.07) is 48.4. The quantitative estimate of drug-likeness (QED) is 0.0843. The Labute approximate surface area is 342 Å². The second-order valence-corrected chi connectivity index (χ2v) is 15.3. The van der Waals surface area contributed by atoms with Crippen molar-refractivity contribution in [3.8, 4) is 22.4 Å². The van der Waals surface area contributed by atoms with Crippen molar-refractivity contribution in [1.29, 1.82) is 0 Å². The Bertz CT molecular complexity index is 2510. The zero-order chi connectivity index (χ0) is 38.9. The van der Waals surface area contributed by atoms with Gasteiger partial charge in [0.2, 0.25) is 5.91 Å². The van der Waals surface area contributed by atoms with E-state index < -0.39 is 17.1 Å². The summed E-state index contributed by atoms with van der Waals surface area (Å²) in [7, 11) is 0. The number of amides is 3. The summed E-state index contributed by atoms with van der Waals surface area (Å²) in [5.74, 6) is -1.20. The van der Waals surface area contributed by atoms with Gasteiger partial charge in [-0.05, 0) is 70.8 Å². The number of hydrogen-bond acceptors (Lipinski definition) is 6. The van der Waals surface area contributed by atoms with Gasteiger partial charge < -0.3 is 16.0 Å². The van der Waals surface area contributed by atoms with E-state index in [-0.39, 0.29) is 11.6 Å². The Morgan fingerprint density at radius 3 is 2.04 bits per heavy atom. The molecular weight excluding hydrogens is 780 g/mol. The van der Waals surface area contributed by atoms with Crippen molar-refractivity contribution in [3.05, 3.63) is 196 Å². The predicted molar refractivity (Wildman–Crippen MR) is 230 cm³/mol. The smallest absolute Gasteiger partial charge is 0.272 e. The number of anilines is 2. The second-order valence-electron chi connectivity index (χ2n) is 12.4. The van der Waals surface area contributed by atoms with Crippen molar-refractivity contribution in [1.82, 2.24) is 10.3 Å². The summed E-state index contributed by atoms with van der Waals surface area (Å²) in [6.07, 6.45) is 1.64. The Balaban J connectivity index is 1.10. The van der Waals surface area contributed by atoms with Crippen LogP contribution >= 0.6 is 46.3 Å². The predicted octanol–water partition coefficient (Wildman–Crippen LogP) is 11.7. The molecule has 0 saturated heterocycles. The van der Waals surface area contributed by atoms with E-state index >= 15 is 0 Å². The molecule has 0 aliphatic carbocycles. The normalized spacial score (nSPS) is 11.7. The highest BCUT2D eigenvalue weighted by molar-refractivity contribution is 8.00. The molecule has 1 unspecified atom stereocenters. The third-order valence-corrected chi connectivity index (χ3v) is 11.2. The second kappa shape index (κ2) is 18.1. The molecule has 0 fully saturated rings. The number of nitrogens with one attached hydrogen (secondary N) is 3. The molecule has 7 aromatic rings. The van der Waals surface area contributed by atoms with Gasteiger partial charge in [0.1, 0.15) is 10.9 Å². The summed E-state index contributed by atoms with van der Waals surface area (Å²) in [5, 5.41) is 11.2. The average Bonchev–Trinajstić information content (AvgIpc) is 3.70. The van der Waals surface area contributed by atoms with Crippen LogP contribution in [0.3, 0.4) is 0 Å². The third-order valence-electron chi connectivity index (χ3n) is 8.49. The molecule has 1 atom stereocenters. The van der Waals surface area contributed by atoms with Gasteiger partial charge in [0, 0.05) is 27.1 Å². The van der Waals surface area contributed by atoms with Gasteiger partial charge in [0.15, 0.2) is 5.13 Å². The van der Waals surface area contributed by atoms with Crippen LogP contribution in [0.25, 0.3) is 28.5 Å². The van der Waals surface area contributed by atoms with Crippen LogP contribution in [0, 0.1) is 0 Å². The lowest BCUT2D eigenvalue weighted by Gasteiger charge is -2.17. The van der Waals surface area contributed by atoms with Gasteiger partial charge in [0.25, 0.3) is 11.8 Å². The molecule has 0 bridgehead atoms. The number of nitrogens with zero attached hydrogens (tertiary/aromatic N) is 1. The van der Waals surface area contributed by atoms with Crippen LogP contribution in [-0.2, 0) is 9.59 Å². The maximum absolute atomic E-state index is 13.9. The summed E-state index contributed by atoms with van der Waals surface area (Å²) < 4.78 is 0. The highest BCUT2D eigenvalue weighted by atomic mass is 35.5. The number of carbonyl (C=O) groups excluding carboxylic acids is 3. The summed E-state index contributed by atoms with van der Waals surface area (Å²) in [5.41, 5.74) is 6.02. The number of hydrogen-bond donors (Lipinski definition) is 3. The van der Waals surface area contributed by atoms with Crippen molar-refractivity contribution in [2.45, 2.75) is 10.1 Å². The van der Waals surface area contributed by atoms with E-state index in [0.29, 0.717) is 32.1 Å². The van der Waals surface area contributed by atoms with E-state index in [9.17, 15) is 14.4 Å². The zero-order valence-electron chi connectivity index (χ0n) is 29.5. The van der Waals surface area contributed by atoms with Gasteiger partial charge in [-0.2, -0.15) is 0 Å². The molecule has 7 rings (SSSR count). The van der Waals surface area contributed by atoms with Crippen LogP contribution in [-0.4, -0.2) is 22.7 Å². The monoisotopic (exact) mass is 810 g/mol. The highest BCUT2D eigenvalue weighted by Gasteiger charge is 2.24. The van der Waals surface area contributed by atoms with Gasteiger partial charge in [-0.1, -0.05) is 138 Å². The Hall–Kier alpha value is -5.97. The van der Waals surface area contributed by atoms with Gasteiger partial charge >= 0.3 is 0 Å². The van der Waals surface area contributed by atoms with Crippen LogP contribution in [0.4, 0.5) is 10.8 Å². The first-order chi connectivity index (χ1) is 27.3. The SMILES string of the molecule is O=C(Nc1cccc(SC(C(=O)Nc2nc(-c3ccc(Cl)c(Cl)c3)cs2)c2ccccc2)c1)/C(=C\c1ccc(-c2ccccc2)cc1)NC(=O)c1ccccc1. The number of thiazole rings is 1. The molecule has 0 saturated carbocycles. The van der Waals surface area contributed by atoms with Crippen molar-refractivity contribution in [3.63, 3.8) is 0 Å². The van der Waals surface area contributed by atoms with E-state index in [0.717, 1.165) is 32.7 Å². The lowest BCUT2D eigenvalue weighted by molar-refractivity contribution is -0.116. The van der Waals surface area contributed by atoms with Crippen molar-refractivity contribution >= 4 is 80.9 Å². The Morgan fingerprint density at radius 2 is 1.32 bits per heavy atom. The van der Waals surface area contributed by atoms with Crippen LogP contribution in [0.5, 0.6) is 0 Å². The molecule has 3 N–H and O–H groups in total. The molecule has 3 amide bonds. The maximum atomic E-state index is 13.9. The lowest BCUT2D eigenvalue weighted by atomic mass is 10.0. The van der Waals surface area contributed by atoms with Crippen LogP contribution < -0.4 is 16.0 Å². The number of benzene rings is 6. The fraction of sp³-hybridized carbons (Fsp3) is 0.0222. The molecule has 7 nitrogen and oxygen atoms in total. The van der Waals surface area contributed by atoms with E-state index in [1.165, 1.54) is 23.1 Å². The van der Waals surface area contributed by atoms with Gasteiger partial charge in [0.05, 0.1) is 15.7 Å². The number of thioether (sulfide) groups is 1. The molecular formula is C45H32Cl2N4O3S2. The summed E-state index contributed by atoms with van der Waals surface area (Å²) >= 11 is 15.0. The molecule has 0 spiro atoms. The van der Waals surface area contributed by atoms with Gasteiger partial charge in [-0.25, -0.2) is 4.98 Å². The lowest BCUT2D eigenvalue weighted by Crippen LogP contribution is -2.30. The first-order valence-electron chi connectivity index (χ1n) is 17.4. The molecule has 0 radical (unpaired) electrons. The van der Waals surface area contributed by atoms with E-state index in [1.807, 2.05) is 109 Å². The van der Waals surface area contributed by atoms with Crippen LogP contribution in [0.1, 0.15) is 26.7 Å². The highest BCUT2D eigenvalue weighted by Crippen LogP contribution is 2.38. The van der Waals surface area contributed by atoms with Crippen LogP contribution in [0.2, 0.25) is 10.0 Å². The average molecular weight is 812 g/mol. The minimum absolute atomic E-state index is 0.0644. The molecule has 11 heteroatoms. The van der Waals surface area contributed by atoms with Crippen molar-refractivity contribution < 1.29 is 14.4 Å². The largest absolute Gasteiger partial charge is 0.321 e. The first kappa shape index (κ1) is 38.3. The standard InChI is InChI=1S/C45H32Cl2N4O3S2/c46-37-24-23-34(26-38(37)47)40-28-55-45(50-40)51-44(54)41(32-13-6-2-7-14-32)56-36-18-10-17-35(27-36)48-43(53)39(49-42(52)33-15-8-3-9-16-33)25-29-19-21-31(22-20-29)30-11-4-1-5-12-30/h1-28,41H,(H,48,53)(H,49,52)(H,50,51,54)/b39-25+. The fourth-order valence-electron chi connectivity index (χ4n) is 5.68. The van der Waals surface area contributed by atoms with Gasteiger partial charge in [-0.15, -0.1) is 23.1 Å². The van der Waals surface area contributed by atoms with Crippen molar-refractivity contribution in [2.75, 3.05) is 10.6 Å². The van der Waals surface area contributed by atoms with Crippen molar-refractivity contribution in [2.24, 2.45) is 0 Å². The summed E-state index contributed by atoms with van der Waals surface area (Å²) in [4.78, 5) is 46.4. The molecule has 1 heterocycles. The van der Waals surface area contributed by atoms with Gasteiger partial charge in [-0.3, -0.25) is 14.4 Å². The fourth-order valence-corrected chi connectivity index (χ4v) is 7.79. The van der Waals surface area contributed by atoms with Crippen LogP contribution in [0.15, 0.2) is 174 Å². The Kier molecular flexibility index (Phi) is 12.4. The Morgan fingerprint density at radius 1 is 0.661 bits per heavy atom. The molecule has 0 aliphatic heterocycles. The molecule has 0 aliphatic rings. The minimum Gasteiger partial charge on any atom is -0.321 e.